The third kappa shape index (κ3) is 3.90. The van der Waals surface area contributed by atoms with E-state index < -0.39 is 5.41 Å². The molecule has 3 rings (SSSR count). The number of hydrogen-bond acceptors (Lipinski definition) is 2. The summed E-state index contributed by atoms with van der Waals surface area (Å²) in [5.74, 6) is 0.607. The van der Waals surface area contributed by atoms with Crippen molar-refractivity contribution < 1.29 is 4.39 Å². The van der Waals surface area contributed by atoms with Gasteiger partial charge in [0.1, 0.15) is 5.82 Å². The van der Waals surface area contributed by atoms with Crippen molar-refractivity contribution in [2.24, 2.45) is 11.3 Å². The monoisotopic (exact) mass is 342 g/mol. The summed E-state index contributed by atoms with van der Waals surface area (Å²) in [6.45, 7) is 9.06. The van der Waals surface area contributed by atoms with Gasteiger partial charge in [0.2, 0.25) is 0 Å². The predicted molar refractivity (Wildman–Crippen MR) is 99.7 cm³/mol. The van der Waals surface area contributed by atoms with E-state index in [-0.39, 0.29) is 5.82 Å². The molecule has 0 bridgehead atoms. The molecule has 0 aromatic heterocycles. The Kier molecular flexibility index (Phi) is 5.21. The Morgan fingerprint density at radius 3 is 2.08 bits per heavy atom. The second-order valence-corrected chi connectivity index (χ2v) is 9.11. The molecule has 3 heteroatoms. The van der Waals surface area contributed by atoms with Crippen molar-refractivity contribution >= 4 is 0 Å². The van der Waals surface area contributed by atoms with E-state index in [2.05, 4.69) is 31.7 Å². The SMILES string of the molecule is CC(C)(C)C1CCC(N2CCC(C#N)(c3ccc(F)cc3)CC2)CC1. The van der Waals surface area contributed by atoms with Crippen LogP contribution in [0, 0.1) is 28.5 Å². The molecule has 1 aliphatic heterocycles. The van der Waals surface area contributed by atoms with Crippen molar-refractivity contribution in [3.05, 3.63) is 35.6 Å². The van der Waals surface area contributed by atoms with Gasteiger partial charge in [0.15, 0.2) is 0 Å². The van der Waals surface area contributed by atoms with Crippen molar-refractivity contribution in [2.75, 3.05) is 13.1 Å². The lowest BCUT2D eigenvalue weighted by Crippen LogP contribution is -2.48. The number of nitriles is 1. The van der Waals surface area contributed by atoms with E-state index in [0.717, 1.165) is 37.4 Å². The molecule has 0 atom stereocenters. The zero-order valence-electron chi connectivity index (χ0n) is 15.9. The van der Waals surface area contributed by atoms with Crippen LogP contribution in [0.4, 0.5) is 4.39 Å². The molecular formula is C22H31FN2. The maximum atomic E-state index is 13.2. The zero-order chi connectivity index (χ0) is 18.1. The van der Waals surface area contributed by atoms with Crippen LogP contribution in [0.2, 0.25) is 0 Å². The van der Waals surface area contributed by atoms with Crippen molar-refractivity contribution in [1.29, 1.82) is 5.26 Å². The lowest BCUT2D eigenvalue weighted by atomic mass is 9.70. The summed E-state index contributed by atoms with van der Waals surface area (Å²) >= 11 is 0. The largest absolute Gasteiger partial charge is 0.300 e. The summed E-state index contributed by atoms with van der Waals surface area (Å²) in [7, 11) is 0. The minimum Gasteiger partial charge on any atom is -0.300 e. The first-order valence-corrected chi connectivity index (χ1v) is 9.75. The van der Waals surface area contributed by atoms with E-state index in [1.165, 1.54) is 37.8 Å². The molecular weight excluding hydrogens is 311 g/mol. The number of piperidine rings is 1. The van der Waals surface area contributed by atoms with Crippen molar-refractivity contribution in [1.82, 2.24) is 4.90 Å². The van der Waals surface area contributed by atoms with Gasteiger partial charge < -0.3 is 4.90 Å². The standard InChI is InChI=1S/C22H31FN2/c1-21(2,3)17-6-10-20(11-7-17)25-14-12-22(16-24,13-15-25)18-4-8-19(23)9-5-18/h4-5,8-9,17,20H,6-7,10-15H2,1-3H3. The van der Waals surface area contributed by atoms with Crippen molar-refractivity contribution in [2.45, 2.75) is 70.8 Å². The average molecular weight is 343 g/mol. The van der Waals surface area contributed by atoms with E-state index >= 15 is 0 Å². The molecule has 2 nitrogen and oxygen atoms in total. The van der Waals surface area contributed by atoms with Gasteiger partial charge in [-0.15, -0.1) is 0 Å². The highest BCUT2D eigenvalue weighted by Gasteiger charge is 2.39. The van der Waals surface area contributed by atoms with E-state index in [1.54, 1.807) is 12.1 Å². The smallest absolute Gasteiger partial charge is 0.123 e. The molecule has 0 N–H and O–H groups in total. The van der Waals surface area contributed by atoms with Crippen molar-refractivity contribution in [3.8, 4) is 6.07 Å². The molecule has 1 saturated carbocycles. The summed E-state index contributed by atoms with van der Waals surface area (Å²) in [6, 6.07) is 9.79. The molecule has 0 amide bonds. The van der Waals surface area contributed by atoms with Crippen LogP contribution < -0.4 is 0 Å². The van der Waals surface area contributed by atoms with Crippen molar-refractivity contribution in [3.63, 3.8) is 0 Å². The number of benzene rings is 1. The number of nitrogens with zero attached hydrogens (tertiary/aromatic N) is 2. The number of hydrogen-bond donors (Lipinski definition) is 0. The fraction of sp³-hybridized carbons (Fsp3) is 0.682. The van der Waals surface area contributed by atoms with Crippen LogP contribution >= 0.6 is 0 Å². The second-order valence-electron chi connectivity index (χ2n) is 9.11. The highest BCUT2D eigenvalue weighted by Crippen LogP contribution is 2.41. The number of likely N-dealkylation sites (tertiary alicyclic amines) is 1. The van der Waals surface area contributed by atoms with Gasteiger partial charge in [0.25, 0.3) is 0 Å². The minimum absolute atomic E-state index is 0.232. The van der Waals surface area contributed by atoms with Gasteiger partial charge in [0, 0.05) is 19.1 Å². The lowest BCUT2D eigenvalue weighted by molar-refractivity contribution is 0.0708. The van der Waals surface area contributed by atoms with Gasteiger partial charge in [-0.05, 0) is 67.6 Å². The maximum Gasteiger partial charge on any atom is 0.123 e. The molecule has 0 unspecified atom stereocenters. The first kappa shape index (κ1) is 18.4. The molecule has 2 aliphatic rings. The molecule has 1 aliphatic carbocycles. The first-order chi connectivity index (χ1) is 11.8. The van der Waals surface area contributed by atoms with E-state index in [9.17, 15) is 9.65 Å². The van der Waals surface area contributed by atoms with E-state index in [4.69, 9.17) is 0 Å². The fourth-order valence-corrected chi connectivity index (χ4v) is 4.81. The highest BCUT2D eigenvalue weighted by molar-refractivity contribution is 5.33. The summed E-state index contributed by atoms with van der Waals surface area (Å²) < 4.78 is 13.2. The van der Waals surface area contributed by atoms with Crippen LogP contribution in [0.25, 0.3) is 0 Å². The summed E-state index contributed by atoms with van der Waals surface area (Å²) in [4.78, 5) is 2.61. The molecule has 1 heterocycles. The quantitative estimate of drug-likeness (QED) is 0.730. The molecule has 25 heavy (non-hydrogen) atoms. The highest BCUT2D eigenvalue weighted by atomic mass is 19.1. The van der Waals surface area contributed by atoms with Crippen LogP contribution in [0.3, 0.4) is 0 Å². The normalized spacial score (nSPS) is 27.6. The molecule has 1 saturated heterocycles. The van der Waals surface area contributed by atoms with Crippen LogP contribution in [-0.2, 0) is 5.41 Å². The van der Waals surface area contributed by atoms with Crippen LogP contribution in [0.15, 0.2) is 24.3 Å². The minimum atomic E-state index is -0.438. The molecule has 2 fully saturated rings. The Bertz CT molecular complexity index is 607. The lowest BCUT2D eigenvalue weighted by Gasteiger charge is -2.45. The van der Waals surface area contributed by atoms with Gasteiger partial charge in [-0.25, -0.2) is 4.39 Å². The summed E-state index contributed by atoms with van der Waals surface area (Å²) in [5, 5.41) is 9.82. The second kappa shape index (κ2) is 7.08. The Balaban J connectivity index is 1.60. The molecule has 0 spiro atoms. The van der Waals surface area contributed by atoms with Gasteiger partial charge in [-0.3, -0.25) is 0 Å². The van der Waals surface area contributed by atoms with E-state index in [0.29, 0.717) is 11.5 Å². The van der Waals surface area contributed by atoms with Crippen LogP contribution in [-0.4, -0.2) is 24.0 Å². The third-order valence-electron chi connectivity index (χ3n) is 6.70. The predicted octanol–water partition coefficient (Wildman–Crippen LogP) is 5.29. The van der Waals surface area contributed by atoms with Gasteiger partial charge in [-0.1, -0.05) is 32.9 Å². The molecule has 136 valence electrons. The van der Waals surface area contributed by atoms with Crippen LogP contribution in [0.5, 0.6) is 0 Å². The van der Waals surface area contributed by atoms with Gasteiger partial charge in [0.05, 0.1) is 11.5 Å². The maximum absolute atomic E-state index is 13.2. The van der Waals surface area contributed by atoms with E-state index in [1.807, 2.05) is 0 Å². The van der Waals surface area contributed by atoms with Gasteiger partial charge >= 0.3 is 0 Å². The Morgan fingerprint density at radius 2 is 1.60 bits per heavy atom. The molecule has 1 aromatic carbocycles. The van der Waals surface area contributed by atoms with Crippen LogP contribution in [0.1, 0.15) is 64.9 Å². The summed E-state index contributed by atoms with van der Waals surface area (Å²) in [6.07, 6.45) is 6.94. The molecule has 0 radical (unpaired) electrons. The third-order valence-corrected chi connectivity index (χ3v) is 6.70. The Labute approximate surface area is 152 Å². The zero-order valence-corrected chi connectivity index (χ0v) is 15.9. The Hall–Kier alpha value is -1.40. The Morgan fingerprint density at radius 1 is 1.04 bits per heavy atom. The number of halogens is 1. The fourth-order valence-electron chi connectivity index (χ4n) is 4.81. The first-order valence-electron chi connectivity index (χ1n) is 9.75. The summed E-state index contributed by atoms with van der Waals surface area (Å²) in [5.41, 5.74) is 0.964. The topological polar surface area (TPSA) is 27.0 Å². The van der Waals surface area contributed by atoms with Gasteiger partial charge in [-0.2, -0.15) is 5.26 Å². The average Bonchev–Trinajstić information content (AvgIpc) is 2.62. The molecule has 1 aromatic rings. The number of rotatable bonds is 2.